The molecule has 2 rings (SSSR count). The number of rotatable bonds is 1. The van der Waals surface area contributed by atoms with Gasteiger partial charge in [-0.15, -0.1) is 0 Å². The molecule has 2 atom stereocenters. The molecule has 1 aromatic heterocycles. The Hall–Kier alpha value is -0.840. The maximum Gasteiger partial charge on any atom is 0.147 e. The van der Waals surface area contributed by atoms with E-state index in [1.54, 1.807) is 23.2 Å². The van der Waals surface area contributed by atoms with Gasteiger partial charge < -0.3 is 15.1 Å². The van der Waals surface area contributed by atoms with Gasteiger partial charge in [-0.2, -0.15) is 0 Å². The van der Waals surface area contributed by atoms with Gasteiger partial charge in [0.1, 0.15) is 5.82 Å². The predicted molar refractivity (Wildman–Crippen MR) is 53.5 cm³/mol. The minimum absolute atomic E-state index is 0.373. The fraction of sp³-hybridized carbons (Fsp3) is 0.444. The zero-order valence-electron chi connectivity index (χ0n) is 7.47. The van der Waals surface area contributed by atoms with Crippen molar-refractivity contribution >= 4 is 17.4 Å². The number of aromatic nitrogens is 1. The molecule has 1 aliphatic heterocycles. The van der Waals surface area contributed by atoms with Gasteiger partial charge in [0.05, 0.1) is 17.2 Å². The van der Waals surface area contributed by atoms with Crippen molar-refractivity contribution in [3.63, 3.8) is 0 Å². The SMILES string of the molecule is O[C@@H]1CN(c2ncccc2Cl)C[C@@H]1O. The summed E-state index contributed by atoms with van der Waals surface area (Å²) in [7, 11) is 0. The van der Waals surface area contributed by atoms with Crippen molar-refractivity contribution in [1.82, 2.24) is 4.98 Å². The summed E-state index contributed by atoms with van der Waals surface area (Å²) in [4.78, 5) is 5.88. The second-order valence-corrected chi connectivity index (χ2v) is 3.76. The van der Waals surface area contributed by atoms with E-state index in [4.69, 9.17) is 11.6 Å². The third kappa shape index (κ3) is 1.68. The van der Waals surface area contributed by atoms with Crippen molar-refractivity contribution in [2.24, 2.45) is 0 Å². The van der Waals surface area contributed by atoms with Crippen LogP contribution in [-0.2, 0) is 0 Å². The number of anilines is 1. The van der Waals surface area contributed by atoms with Crippen LogP contribution < -0.4 is 4.90 Å². The number of nitrogens with zero attached hydrogens (tertiary/aromatic N) is 2. The van der Waals surface area contributed by atoms with E-state index in [0.717, 1.165) is 0 Å². The number of hydrogen-bond donors (Lipinski definition) is 2. The van der Waals surface area contributed by atoms with Crippen LogP contribution in [0.15, 0.2) is 18.3 Å². The highest BCUT2D eigenvalue weighted by Crippen LogP contribution is 2.25. The lowest BCUT2D eigenvalue weighted by atomic mass is 10.3. The van der Waals surface area contributed by atoms with E-state index in [0.29, 0.717) is 23.9 Å². The number of halogens is 1. The average molecular weight is 215 g/mol. The van der Waals surface area contributed by atoms with E-state index in [2.05, 4.69) is 4.98 Å². The first-order valence-corrected chi connectivity index (χ1v) is 4.78. The van der Waals surface area contributed by atoms with Crippen molar-refractivity contribution in [2.75, 3.05) is 18.0 Å². The molecule has 2 heterocycles. The molecule has 14 heavy (non-hydrogen) atoms. The lowest BCUT2D eigenvalue weighted by molar-refractivity contribution is 0.0572. The van der Waals surface area contributed by atoms with Crippen LogP contribution in [0.4, 0.5) is 5.82 Å². The Morgan fingerprint density at radius 1 is 1.36 bits per heavy atom. The Bertz CT molecular complexity index is 324. The van der Waals surface area contributed by atoms with Gasteiger partial charge in [-0.25, -0.2) is 4.98 Å². The van der Waals surface area contributed by atoms with Gasteiger partial charge in [0.2, 0.25) is 0 Å². The Labute approximate surface area is 86.8 Å². The van der Waals surface area contributed by atoms with Crippen molar-refractivity contribution in [3.8, 4) is 0 Å². The van der Waals surface area contributed by atoms with Gasteiger partial charge in [0, 0.05) is 19.3 Å². The summed E-state index contributed by atoms with van der Waals surface area (Å²) < 4.78 is 0. The molecule has 0 unspecified atom stereocenters. The van der Waals surface area contributed by atoms with Crippen molar-refractivity contribution < 1.29 is 10.2 Å². The molecular weight excluding hydrogens is 204 g/mol. The molecule has 1 fully saturated rings. The largest absolute Gasteiger partial charge is 0.389 e. The molecule has 76 valence electrons. The number of aliphatic hydroxyl groups is 2. The minimum Gasteiger partial charge on any atom is -0.389 e. The average Bonchev–Trinajstić information content (AvgIpc) is 2.48. The highest BCUT2D eigenvalue weighted by atomic mass is 35.5. The normalized spacial score (nSPS) is 26.9. The van der Waals surface area contributed by atoms with Gasteiger partial charge in [-0.05, 0) is 12.1 Å². The van der Waals surface area contributed by atoms with E-state index in [1.165, 1.54) is 0 Å². The summed E-state index contributed by atoms with van der Waals surface area (Å²) in [6.45, 7) is 0.746. The molecule has 0 radical (unpaired) electrons. The van der Waals surface area contributed by atoms with Crippen molar-refractivity contribution in [3.05, 3.63) is 23.4 Å². The number of hydrogen-bond acceptors (Lipinski definition) is 4. The molecular formula is C9H11ClN2O2. The zero-order valence-corrected chi connectivity index (χ0v) is 8.22. The first-order valence-electron chi connectivity index (χ1n) is 4.40. The van der Waals surface area contributed by atoms with Crippen molar-refractivity contribution in [2.45, 2.75) is 12.2 Å². The van der Waals surface area contributed by atoms with E-state index in [9.17, 15) is 10.2 Å². The van der Waals surface area contributed by atoms with Crippen LogP contribution in [0.1, 0.15) is 0 Å². The Balaban J connectivity index is 2.21. The Morgan fingerprint density at radius 3 is 2.57 bits per heavy atom. The van der Waals surface area contributed by atoms with Gasteiger partial charge in [0.25, 0.3) is 0 Å². The standard InChI is InChI=1S/C9H11ClN2O2/c10-6-2-1-3-11-9(6)12-4-7(13)8(14)5-12/h1-3,7-8,13-14H,4-5H2/t7-,8+. The second-order valence-electron chi connectivity index (χ2n) is 3.35. The summed E-state index contributed by atoms with van der Waals surface area (Å²) in [5, 5.41) is 19.3. The van der Waals surface area contributed by atoms with Gasteiger partial charge in [-0.3, -0.25) is 0 Å². The van der Waals surface area contributed by atoms with E-state index in [-0.39, 0.29) is 0 Å². The van der Waals surface area contributed by atoms with Gasteiger partial charge in [-0.1, -0.05) is 11.6 Å². The maximum absolute atomic E-state index is 9.36. The van der Waals surface area contributed by atoms with Crippen molar-refractivity contribution in [1.29, 1.82) is 0 Å². The molecule has 1 saturated heterocycles. The summed E-state index contributed by atoms with van der Waals surface area (Å²) in [6, 6.07) is 3.48. The van der Waals surface area contributed by atoms with Gasteiger partial charge >= 0.3 is 0 Å². The van der Waals surface area contributed by atoms with Crippen LogP contribution in [0.3, 0.4) is 0 Å². The summed E-state index contributed by atoms with van der Waals surface area (Å²) >= 11 is 5.93. The molecule has 0 spiro atoms. The van der Waals surface area contributed by atoms with E-state index < -0.39 is 12.2 Å². The molecule has 1 aromatic rings. The first kappa shape index (κ1) is 9.71. The first-order chi connectivity index (χ1) is 6.68. The number of pyridine rings is 1. The summed E-state index contributed by atoms with van der Waals surface area (Å²) in [6.07, 6.45) is 0.208. The lowest BCUT2D eigenvalue weighted by Gasteiger charge is -2.16. The molecule has 1 aliphatic rings. The Kier molecular flexibility index (Phi) is 2.58. The van der Waals surface area contributed by atoms with Crippen LogP contribution in [0.5, 0.6) is 0 Å². The molecule has 0 bridgehead atoms. The molecule has 4 nitrogen and oxygen atoms in total. The molecule has 0 amide bonds. The smallest absolute Gasteiger partial charge is 0.147 e. The van der Waals surface area contributed by atoms with Crippen LogP contribution in [0.25, 0.3) is 0 Å². The number of β-amino-alcohol motifs (C(OH)–C–C–N with tert-alkyl or cyclic N) is 2. The Morgan fingerprint density at radius 2 is 2.00 bits per heavy atom. The van der Waals surface area contributed by atoms with E-state index >= 15 is 0 Å². The molecule has 0 aromatic carbocycles. The second kappa shape index (κ2) is 3.73. The molecule has 0 saturated carbocycles. The number of aliphatic hydroxyl groups excluding tert-OH is 2. The summed E-state index contributed by atoms with van der Waals surface area (Å²) in [5.74, 6) is 0.616. The topological polar surface area (TPSA) is 56.6 Å². The fourth-order valence-electron chi connectivity index (χ4n) is 1.55. The monoisotopic (exact) mass is 214 g/mol. The third-order valence-corrected chi connectivity index (χ3v) is 2.59. The maximum atomic E-state index is 9.36. The van der Waals surface area contributed by atoms with Gasteiger partial charge in [0.15, 0.2) is 0 Å². The quantitative estimate of drug-likeness (QED) is 0.705. The fourth-order valence-corrected chi connectivity index (χ4v) is 1.79. The predicted octanol–water partition coefficient (Wildman–Crippen LogP) is 0.277. The molecule has 2 N–H and O–H groups in total. The third-order valence-electron chi connectivity index (χ3n) is 2.30. The summed E-state index contributed by atoms with van der Waals surface area (Å²) in [5.41, 5.74) is 0. The molecule has 5 heteroatoms. The van der Waals surface area contributed by atoms with E-state index in [1.807, 2.05) is 0 Å². The van der Waals surface area contributed by atoms with Crippen LogP contribution in [-0.4, -0.2) is 40.5 Å². The van der Waals surface area contributed by atoms with Crippen LogP contribution in [0, 0.1) is 0 Å². The zero-order chi connectivity index (χ0) is 10.1. The van der Waals surface area contributed by atoms with Crippen LogP contribution >= 0.6 is 11.6 Å². The highest BCUT2D eigenvalue weighted by Gasteiger charge is 2.31. The minimum atomic E-state index is -0.715. The highest BCUT2D eigenvalue weighted by molar-refractivity contribution is 6.32. The lowest BCUT2D eigenvalue weighted by Crippen LogP contribution is -2.22. The van der Waals surface area contributed by atoms with Crippen LogP contribution in [0.2, 0.25) is 5.02 Å². The molecule has 0 aliphatic carbocycles.